The quantitative estimate of drug-likeness (QED) is 0.833. The minimum atomic E-state index is -0.756. The molecule has 1 aromatic carbocycles. The monoisotopic (exact) mass is 273 g/mol. The number of hydrogen-bond donors (Lipinski definition) is 2. The molecule has 0 aromatic heterocycles. The van der Waals surface area contributed by atoms with Crippen LogP contribution in [0.3, 0.4) is 0 Å². The van der Waals surface area contributed by atoms with Crippen LogP contribution >= 0.6 is 11.6 Å². The maximum absolute atomic E-state index is 13.2. The van der Waals surface area contributed by atoms with Gasteiger partial charge in [-0.1, -0.05) is 37.6 Å². The highest BCUT2D eigenvalue weighted by atomic mass is 35.5. The van der Waals surface area contributed by atoms with E-state index in [1.165, 1.54) is 6.07 Å². The predicted molar refractivity (Wildman–Crippen MR) is 73.2 cm³/mol. The Balaban J connectivity index is 2.49. The van der Waals surface area contributed by atoms with Crippen LogP contribution in [0.4, 0.5) is 4.39 Å². The van der Waals surface area contributed by atoms with Crippen molar-refractivity contribution < 1.29 is 9.50 Å². The van der Waals surface area contributed by atoms with Gasteiger partial charge in [-0.25, -0.2) is 4.39 Å². The molecule has 1 unspecified atom stereocenters. The van der Waals surface area contributed by atoms with Crippen molar-refractivity contribution in [2.45, 2.75) is 39.3 Å². The Hall–Kier alpha value is -0.640. The fraction of sp³-hybridized carbons (Fsp3) is 0.571. The van der Waals surface area contributed by atoms with E-state index in [1.807, 2.05) is 0 Å². The molecule has 1 aromatic rings. The maximum Gasteiger partial charge on any atom is 0.142 e. The molecular weight excluding hydrogens is 253 g/mol. The Labute approximate surface area is 113 Å². The van der Waals surface area contributed by atoms with Crippen LogP contribution in [-0.4, -0.2) is 17.3 Å². The van der Waals surface area contributed by atoms with Crippen LogP contribution in [0.1, 0.15) is 32.8 Å². The maximum atomic E-state index is 13.2. The molecule has 0 saturated carbocycles. The second kappa shape index (κ2) is 6.50. The number of aliphatic hydroxyl groups is 1. The van der Waals surface area contributed by atoms with Crippen molar-refractivity contribution in [2.24, 2.45) is 5.92 Å². The Bertz CT molecular complexity index is 393. The van der Waals surface area contributed by atoms with Crippen LogP contribution in [0.5, 0.6) is 0 Å². The third-order valence-electron chi connectivity index (χ3n) is 2.70. The van der Waals surface area contributed by atoms with E-state index in [0.29, 0.717) is 24.6 Å². The molecular formula is C14H21ClFNO. The highest BCUT2D eigenvalue weighted by Gasteiger charge is 2.21. The zero-order valence-electron chi connectivity index (χ0n) is 11.1. The minimum absolute atomic E-state index is 0.147. The SMILES string of the molecule is CC(C)CC(C)(O)CNCc1cccc(F)c1Cl. The molecule has 102 valence electrons. The van der Waals surface area contributed by atoms with Gasteiger partial charge in [0.25, 0.3) is 0 Å². The van der Waals surface area contributed by atoms with Gasteiger partial charge in [-0.2, -0.15) is 0 Å². The summed E-state index contributed by atoms with van der Waals surface area (Å²) >= 11 is 5.85. The van der Waals surface area contributed by atoms with Crippen molar-refractivity contribution in [3.8, 4) is 0 Å². The standard InChI is InChI=1S/C14H21ClFNO/c1-10(2)7-14(3,18)9-17-8-11-5-4-6-12(16)13(11)15/h4-6,10,17-18H,7-9H2,1-3H3. The van der Waals surface area contributed by atoms with Gasteiger partial charge in [0.05, 0.1) is 10.6 Å². The van der Waals surface area contributed by atoms with Crippen LogP contribution in [0.15, 0.2) is 18.2 Å². The molecule has 0 saturated heterocycles. The lowest BCUT2D eigenvalue weighted by Gasteiger charge is -2.25. The van der Waals surface area contributed by atoms with Gasteiger partial charge in [0.2, 0.25) is 0 Å². The molecule has 1 rings (SSSR count). The number of rotatable bonds is 6. The van der Waals surface area contributed by atoms with Crippen LogP contribution < -0.4 is 5.32 Å². The molecule has 0 aliphatic rings. The molecule has 0 aliphatic heterocycles. The second-order valence-corrected chi connectivity index (χ2v) is 5.79. The van der Waals surface area contributed by atoms with E-state index < -0.39 is 11.4 Å². The number of hydrogen-bond acceptors (Lipinski definition) is 2. The van der Waals surface area contributed by atoms with Crippen molar-refractivity contribution in [3.63, 3.8) is 0 Å². The Morgan fingerprint density at radius 2 is 2.11 bits per heavy atom. The molecule has 0 spiro atoms. The normalized spacial score (nSPS) is 14.8. The first-order valence-electron chi connectivity index (χ1n) is 6.18. The topological polar surface area (TPSA) is 32.3 Å². The molecule has 1 atom stereocenters. The average Bonchev–Trinajstić information content (AvgIpc) is 2.22. The average molecular weight is 274 g/mol. The van der Waals surface area contributed by atoms with E-state index >= 15 is 0 Å². The van der Waals surface area contributed by atoms with Gasteiger partial charge < -0.3 is 10.4 Å². The first-order valence-corrected chi connectivity index (χ1v) is 6.55. The first kappa shape index (κ1) is 15.4. The van der Waals surface area contributed by atoms with Crippen LogP contribution in [0.2, 0.25) is 5.02 Å². The lowest BCUT2D eigenvalue weighted by molar-refractivity contribution is 0.0383. The van der Waals surface area contributed by atoms with E-state index in [2.05, 4.69) is 19.2 Å². The lowest BCUT2D eigenvalue weighted by Crippen LogP contribution is -2.38. The van der Waals surface area contributed by atoms with Crippen LogP contribution in [0.25, 0.3) is 0 Å². The number of nitrogens with one attached hydrogen (secondary N) is 1. The number of halogens is 2. The third-order valence-corrected chi connectivity index (χ3v) is 3.12. The van der Waals surface area contributed by atoms with Gasteiger partial charge in [-0.3, -0.25) is 0 Å². The zero-order chi connectivity index (χ0) is 13.8. The summed E-state index contributed by atoms with van der Waals surface area (Å²) in [7, 11) is 0. The van der Waals surface area contributed by atoms with Crippen LogP contribution in [-0.2, 0) is 6.54 Å². The molecule has 0 fully saturated rings. The van der Waals surface area contributed by atoms with Crippen LogP contribution in [0, 0.1) is 11.7 Å². The smallest absolute Gasteiger partial charge is 0.142 e. The summed E-state index contributed by atoms with van der Waals surface area (Å²) in [6.45, 7) is 6.84. The van der Waals surface area contributed by atoms with E-state index in [1.54, 1.807) is 19.1 Å². The summed E-state index contributed by atoms with van der Waals surface area (Å²) in [6, 6.07) is 4.74. The van der Waals surface area contributed by atoms with Gasteiger partial charge >= 0.3 is 0 Å². The summed E-state index contributed by atoms with van der Waals surface area (Å²) in [4.78, 5) is 0. The molecule has 2 N–H and O–H groups in total. The summed E-state index contributed by atoms with van der Waals surface area (Å²) < 4.78 is 13.2. The van der Waals surface area contributed by atoms with E-state index in [4.69, 9.17) is 11.6 Å². The molecule has 0 bridgehead atoms. The van der Waals surface area contributed by atoms with E-state index in [9.17, 15) is 9.50 Å². The van der Waals surface area contributed by atoms with Crippen molar-refractivity contribution in [2.75, 3.05) is 6.54 Å². The Morgan fingerprint density at radius 3 is 2.72 bits per heavy atom. The molecule has 0 heterocycles. The van der Waals surface area contributed by atoms with Crippen molar-refractivity contribution in [1.82, 2.24) is 5.32 Å². The summed E-state index contributed by atoms with van der Waals surface area (Å²) in [6.07, 6.45) is 0.719. The Morgan fingerprint density at radius 1 is 1.44 bits per heavy atom. The van der Waals surface area contributed by atoms with Crippen molar-refractivity contribution in [1.29, 1.82) is 0 Å². The second-order valence-electron chi connectivity index (χ2n) is 5.41. The highest BCUT2D eigenvalue weighted by molar-refractivity contribution is 6.31. The van der Waals surface area contributed by atoms with Gasteiger partial charge in [-0.15, -0.1) is 0 Å². The van der Waals surface area contributed by atoms with E-state index in [-0.39, 0.29) is 5.02 Å². The molecule has 0 aliphatic carbocycles. The number of benzene rings is 1. The summed E-state index contributed by atoms with van der Waals surface area (Å²) in [5, 5.41) is 13.4. The fourth-order valence-electron chi connectivity index (χ4n) is 2.10. The fourth-order valence-corrected chi connectivity index (χ4v) is 2.30. The predicted octanol–water partition coefficient (Wildman–Crippen LogP) is 3.37. The molecule has 0 radical (unpaired) electrons. The molecule has 4 heteroatoms. The summed E-state index contributed by atoms with van der Waals surface area (Å²) in [5.74, 6) is 0.0180. The lowest BCUT2D eigenvalue weighted by atomic mass is 9.94. The third kappa shape index (κ3) is 4.92. The minimum Gasteiger partial charge on any atom is -0.389 e. The zero-order valence-corrected chi connectivity index (χ0v) is 11.9. The first-order chi connectivity index (χ1) is 8.32. The van der Waals surface area contributed by atoms with Gasteiger partial charge in [0.1, 0.15) is 5.82 Å². The van der Waals surface area contributed by atoms with Gasteiger partial charge in [0, 0.05) is 13.1 Å². The summed E-state index contributed by atoms with van der Waals surface area (Å²) in [5.41, 5.74) is -0.0504. The van der Waals surface area contributed by atoms with E-state index in [0.717, 1.165) is 6.42 Å². The highest BCUT2D eigenvalue weighted by Crippen LogP contribution is 2.20. The van der Waals surface area contributed by atoms with Crippen molar-refractivity contribution in [3.05, 3.63) is 34.6 Å². The largest absolute Gasteiger partial charge is 0.389 e. The van der Waals surface area contributed by atoms with Gasteiger partial charge in [-0.05, 0) is 30.9 Å². The van der Waals surface area contributed by atoms with Crippen molar-refractivity contribution >= 4 is 11.6 Å². The van der Waals surface area contributed by atoms with Gasteiger partial charge in [0.15, 0.2) is 0 Å². The molecule has 2 nitrogen and oxygen atoms in total. The Kier molecular flexibility index (Phi) is 5.57. The molecule has 18 heavy (non-hydrogen) atoms. The molecule has 0 amide bonds.